The second kappa shape index (κ2) is 6.87. The number of nitrogen functional groups attached to an aromatic ring is 1. The first kappa shape index (κ1) is 16.1. The minimum absolute atomic E-state index is 0.332. The van der Waals surface area contributed by atoms with E-state index in [1.54, 1.807) is 12.4 Å². The Kier molecular flexibility index (Phi) is 4.43. The molecule has 0 amide bonds. The van der Waals surface area contributed by atoms with Gasteiger partial charge in [-0.1, -0.05) is 11.6 Å². The van der Waals surface area contributed by atoms with E-state index in [2.05, 4.69) is 30.3 Å². The molecule has 9 nitrogen and oxygen atoms in total. The molecule has 10 heteroatoms. The largest absolute Gasteiger partial charge is 0.383 e. The van der Waals surface area contributed by atoms with Gasteiger partial charge in [0.25, 0.3) is 0 Å². The molecule has 4 heterocycles. The molecular formula is C15H19ClN8O. The van der Waals surface area contributed by atoms with Crippen molar-refractivity contribution in [3.05, 3.63) is 23.6 Å². The number of ether oxygens (including phenoxy) is 1. The zero-order valence-electron chi connectivity index (χ0n) is 13.6. The van der Waals surface area contributed by atoms with E-state index in [0.29, 0.717) is 27.8 Å². The Morgan fingerprint density at radius 2 is 2.12 bits per heavy atom. The number of hydrogen-bond acceptors (Lipinski definition) is 7. The SMILES string of the molecule is Nc1nc(Nc2cnn(CCN3CCOCC3)c2)nc2[nH]cc(Cl)c12. The van der Waals surface area contributed by atoms with Crippen molar-refractivity contribution in [3.8, 4) is 0 Å². The van der Waals surface area contributed by atoms with E-state index in [-0.39, 0.29) is 0 Å². The van der Waals surface area contributed by atoms with Crippen molar-refractivity contribution < 1.29 is 4.74 Å². The first-order chi connectivity index (χ1) is 12.2. The highest BCUT2D eigenvalue weighted by Gasteiger charge is 2.12. The summed E-state index contributed by atoms with van der Waals surface area (Å²) in [5.74, 6) is 0.731. The molecule has 132 valence electrons. The van der Waals surface area contributed by atoms with E-state index in [4.69, 9.17) is 22.1 Å². The maximum Gasteiger partial charge on any atom is 0.231 e. The number of nitrogens with two attached hydrogens (primary N) is 1. The van der Waals surface area contributed by atoms with Crippen LogP contribution in [0.4, 0.5) is 17.5 Å². The average Bonchev–Trinajstić information content (AvgIpc) is 3.21. The molecule has 0 unspecified atom stereocenters. The van der Waals surface area contributed by atoms with Crippen LogP contribution < -0.4 is 11.1 Å². The molecule has 1 aliphatic heterocycles. The summed E-state index contributed by atoms with van der Waals surface area (Å²) >= 11 is 6.06. The predicted molar refractivity (Wildman–Crippen MR) is 96.1 cm³/mol. The summed E-state index contributed by atoms with van der Waals surface area (Å²) in [5, 5.41) is 8.63. The van der Waals surface area contributed by atoms with E-state index >= 15 is 0 Å². The summed E-state index contributed by atoms with van der Waals surface area (Å²) in [6, 6.07) is 0. The number of aromatic nitrogens is 5. The number of hydrogen-bond donors (Lipinski definition) is 3. The Labute approximate surface area is 149 Å². The van der Waals surface area contributed by atoms with Crippen molar-refractivity contribution in [2.45, 2.75) is 6.54 Å². The van der Waals surface area contributed by atoms with Crippen LogP contribution in [0.2, 0.25) is 5.02 Å². The second-order valence-corrected chi connectivity index (χ2v) is 6.27. The Morgan fingerprint density at radius 1 is 1.28 bits per heavy atom. The van der Waals surface area contributed by atoms with Gasteiger partial charge in [0.05, 0.1) is 42.1 Å². The molecule has 0 radical (unpaired) electrons. The number of rotatable bonds is 5. The van der Waals surface area contributed by atoms with Crippen LogP contribution in [0, 0.1) is 0 Å². The summed E-state index contributed by atoms with van der Waals surface area (Å²) < 4.78 is 7.25. The molecule has 0 atom stereocenters. The number of aromatic amines is 1. The van der Waals surface area contributed by atoms with Crippen molar-refractivity contribution in [1.29, 1.82) is 0 Å². The van der Waals surface area contributed by atoms with E-state index in [9.17, 15) is 0 Å². The van der Waals surface area contributed by atoms with Gasteiger partial charge in [0.1, 0.15) is 11.5 Å². The normalized spacial score (nSPS) is 15.7. The van der Waals surface area contributed by atoms with Gasteiger partial charge >= 0.3 is 0 Å². The first-order valence-electron chi connectivity index (χ1n) is 8.09. The summed E-state index contributed by atoms with van der Waals surface area (Å²) in [4.78, 5) is 14.0. The van der Waals surface area contributed by atoms with Gasteiger partial charge in [-0.25, -0.2) is 0 Å². The summed E-state index contributed by atoms with van der Waals surface area (Å²) in [6.45, 7) is 5.30. The topological polar surface area (TPSA) is 110 Å². The van der Waals surface area contributed by atoms with Crippen molar-refractivity contribution in [2.24, 2.45) is 0 Å². The third kappa shape index (κ3) is 3.53. The first-order valence-corrected chi connectivity index (χ1v) is 8.46. The van der Waals surface area contributed by atoms with Gasteiger partial charge in [-0.2, -0.15) is 15.1 Å². The third-order valence-electron chi connectivity index (χ3n) is 4.15. The fraction of sp³-hybridized carbons (Fsp3) is 0.400. The fourth-order valence-electron chi connectivity index (χ4n) is 2.83. The second-order valence-electron chi connectivity index (χ2n) is 5.86. The van der Waals surface area contributed by atoms with E-state index < -0.39 is 0 Å². The number of fused-ring (bicyclic) bond motifs is 1. The monoisotopic (exact) mass is 362 g/mol. The standard InChI is InChI=1S/C15H19ClN8O/c16-11-8-18-14-12(11)13(17)21-15(22-14)20-10-7-19-24(9-10)2-1-23-3-5-25-6-4-23/h7-9H,1-6H2,(H4,17,18,20,21,22). The van der Waals surface area contributed by atoms with Gasteiger partial charge in [-0.05, 0) is 0 Å². The number of morpholine rings is 1. The molecule has 3 aromatic heterocycles. The maximum atomic E-state index is 6.06. The quantitative estimate of drug-likeness (QED) is 0.630. The Balaban J connectivity index is 1.42. The van der Waals surface area contributed by atoms with Crippen LogP contribution in [0.25, 0.3) is 11.0 Å². The smallest absolute Gasteiger partial charge is 0.231 e. The highest BCUT2D eigenvalue weighted by Crippen LogP contribution is 2.27. The molecule has 1 saturated heterocycles. The van der Waals surface area contributed by atoms with Gasteiger partial charge in [0, 0.05) is 32.0 Å². The molecule has 25 heavy (non-hydrogen) atoms. The number of anilines is 3. The van der Waals surface area contributed by atoms with Gasteiger partial charge in [0.15, 0.2) is 0 Å². The van der Waals surface area contributed by atoms with E-state index in [1.807, 2.05) is 10.9 Å². The van der Waals surface area contributed by atoms with E-state index in [1.165, 1.54) is 0 Å². The molecule has 3 aromatic rings. The number of nitrogens with zero attached hydrogens (tertiary/aromatic N) is 5. The highest BCUT2D eigenvalue weighted by atomic mass is 35.5. The lowest BCUT2D eigenvalue weighted by Gasteiger charge is -2.26. The molecule has 0 spiro atoms. The van der Waals surface area contributed by atoms with Crippen LogP contribution in [-0.2, 0) is 11.3 Å². The van der Waals surface area contributed by atoms with Gasteiger partial charge in [-0.3, -0.25) is 9.58 Å². The molecule has 4 N–H and O–H groups in total. The molecule has 0 aliphatic carbocycles. The molecule has 0 bridgehead atoms. The van der Waals surface area contributed by atoms with Crippen LogP contribution in [0.1, 0.15) is 0 Å². The summed E-state index contributed by atoms with van der Waals surface area (Å²) in [6.07, 6.45) is 5.31. The average molecular weight is 363 g/mol. The molecule has 1 fully saturated rings. The minimum Gasteiger partial charge on any atom is -0.383 e. The highest BCUT2D eigenvalue weighted by molar-refractivity contribution is 6.36. The van der Waals surface area contributed by atoms with Crippen molar-refractivity contribution in [1.82, 2.24) is 29.6 Å². The summed E-state index contributed by atoms with van der Waals surface area (Å²) in [5.41, 5.74) is 7.36. The van der Waals surface area contributed by atoms with Crippen molar-refractivity contribution >= 4 is 40.1 Å². The predicted octanol–water partition coefficient (Wildman–Crippen LogP) is 1.47. The number of halogens is 1. The molecular weight excluding hydrogens is 344 g/mol. The van der Waals surface area contributed by atoms with Gasteiger partial charge < -0.3 is 20.8 Å². The van der Waals surface area contributed by atoms with Gasteiger partial charge in [-0.15, -0.1) is 0 Å². The van der Waals surface area contributed by atoms with Crippen LogP contribution in [0.3, 0.4) is 0 Å². The Bertz CT molecular complexity index is 870. The molecule has 0 saturated carbocycles. The Hall–Kier alpha value is -2.36. The van der Waals surface area contributed by atoms with E-state index in [0.717, 1.165) is 45.1 Å². The van der Waals surface area contributed by atoms with Crippen molar-refractivity contribution in [3.63, 3.8) is 0 Å². The van der Waals surface area contributed by atoms with Crippen LogP contribution in [-0.4, -0.2) is 62.5 Å². The zero-order chi connectivity index (χ0) is 17.2. The lowest BCUT2D eigenvalue weighted by molar-refractivity contribution is 0.0360. The molecule has 1 aliphatic rings. The van der Waals surface area contributed by atoms with Crippen molar-refractivity contribution in [2.75, 3.05) is 43.9 Å². The zero-order valence-corrected chi connectivity index (χ0v) is 14.3. The van der Waals surface area contributed by atoms with Crippen LogP contribution in [0.5, 0.6) is 0 Å². The number of nitrogens with one attached hydrogen (secondary N) is 2. The molecule has 4 rings (SSSR count). The summed E-state index contributed by atoms with van der Waals surface area (Å²) in [7, 11) is 0. The Morgan fingerprint density at radius 3 is 2.96 bits per heavy atom. The molecule has 0 aromatic carbocycles. The number of H-pyrrole nitrogens is 1. The lowest BCUT2D eigenvalue weighted by Crippen LogP contribution is -2.38. The lowest BCUT2D eigenvalue weighted by atomic mass is 10.4. The fourth-order valence-corrected chi connectivity index (χ4v) is 3.07. The van der Waals surface area contributed by atoms with Gasteiger partial charge in [0.2, 0.25) is 5.95 Å². The van der Waals surface area contributed by atoms with Crippen LogP contribution in [0.15, 0.2) is 18.6 Å². The van der Waals surface area contributed by atoms with Crippen LogP contribution >= 0.6 is 11.6 Å². The minimum atomic E-state index is 0.332. The maximum absolute atomic E-state index is 6.06. The third-order valence-corrected chi connectivity index (χ3v) is 4.45.